The summed E-state index contributed by atoms with van der Waals surface area (Å²) in [5, 5.41) is 2.09. The summed E-state index contributed by atoms with van der Waals surface area (Å²) < 4.78 is 43.0. The molecule has 10 nitrogen and oxygen atoms in total. The molecular weight excluding hydrogens is 414 g/mol. The molecule has 1 saturated heterocycles. The van der Waals surface area contributed by atoms with Gasteiger partial charge in [-0.25, -0.2) is 23.2 Å². The zero-order valence-electron chi connectivity index (χ0n) is 15.4. The van der Waals surface area contributed by atoms with Crippen LogP contribution in [0.15, 0.2) is 18.2 Å². The first-order chi connectivity index (χ1) is 13.1. The van der Waals surface area contributed by atoms with Crippen LogP contribution in [0.3, 0.4) is 0 Å². The molecule has 1 aromatic carbocycles. The van der Waals surface area contributed by atoms with Gasteiger partial charge in [0.2, 0.25) is 0 Å². The summed E-state index contributed by atoms with van der Waals surface area (Å²) in [7, 11) is -0.952. The van der Waals surface area contributed by atoms with Crippen molar-refractivity contribution in [3.8, 4) is 11.6 Å². The zero-order valence-corrected chi connectivity index (χ0v) is 17.0. The van der Waals surface area contributed by atoms with Crippen LogP contribution in [0.25, 0.3) is 11.0 Å². The number of fused-ring (bicyclic) bond motifs is 1. The topological polar surface area (TPSA) is 144 Å². The number of methoxy groups -OCH3 is 2. The molecule has 12 heteroatoms. The van der Waals surface area contributed by atoms with Crippen LogP contribution in [0.1, 0.15) is 6.42 Å². The van der Waals surface area contributed by atoms with Gasteiger partial charge in [-0.15, -0.1) is 0 Å². The smallest absolute Gasteiger partial charge is 0.364 e. The molecule has 2 aromatic rings. The quantitative estimate of drug-likeness (QED) is 0.507. The van der Waals surface area contributed by atoms with Gasteiger partial charge in [0, 0.05) is 12.3 Å². The van der Waals surface area contributed by atoms with E-state index in [1.54, 1.807) is 25.3 Å². The van der Waals surface area contributed by atoms with E-state index in [4.69, 9.17) is 38.8 Å². The van der Waals surface area contributed by atoms with Gasteiger partial charge in [-0.05, 0) is 12.1 Å². The Balaban J connectivity index is 0.000000500. The van der Waals surface area contributed by atoms with Gasteiger partial charge in [-0.3, -0.25) is 0 Å². The molecule has 1 aliphatic rings. The summed E-state index contributed by atoms with van der Waals surface area (Å²) in [6.45, 7) is 0.633. The Bertz CT molecular complexity index is 947. The van der Waals surface area contributed by atoms with Gasteiger partial charge in [0.25, 0.3) is 5.88 Å². The summed E-state index contributed by atoms with van der Waals surface area (Å²) in [6.07, 6.45) is 0.974. The monoisotopic (exact) mass is 433 g/mol. The minimum absolute atomic E-state index is 0.172. The number of hydrogen-bond donors (Lipinski definition) is 1. The Morgan fingerprint density at radius 2 is 1.96 bits per heavy atom. The first-order valence-corrected chi connectivity index (χ1v) is 10.3. The average molecular weight is 434 g/mol. The van der Waals surface area contributed by atoms with Crippen molar-refractivity contribution in [3.05, 3.63) is 23.4 Å². The molecule has 1 fully saturated rings. The highest BCUT2D eigenvalue weighted by Crippen LogP contribution is 2.27. The van der Waals surface area contributed by atoms with Crippen molar-refractivity contribution in [2.75, 3.05) is 27.0 Å². The second-order valence-corrected chi connectivity index (χ2v) is 7.72. The Morgan fingerprint density at radius 3 is 2.57 bits per heavy atom. The fourth-order valence-corrected chi connectivity index (χ4v) is 2.77. The molecule has 2 heterocycles. The molecule has 3 rings (SSSR count). The SMILES string of the molecule is COC(=O)[C@@H]1C[C@@H](Oc2nc3cc(OC)ccc3nc2Cl)C[NH2+]1.CS(=O)(=O)[O-]. The summed E-state index contributed by atoms with van der Waals surface area (Å²) in [4.78, 5) is 20.2. The molecule has 2 atom stereocenters. The second-order valence-electron chi connectivity index (χ2n) is 5.95. The lowest BCUT2D eigenvalue weighted by molar-refractivity contribution is -0.660. The van der Waals surface area contributed by atoms with E-state index in [1.165, 1.54) is 7.11 Å². The van der Waals surface area contributed by atoms with E-state index in [1.807, 2.05) is 5.32 Å². The first-order valence-electron chi connectivity index (χ1n) is 8.10. The highest BCUT2D eigenvalue weighted by atomic mass is 35.5. The van der Waals surface area contributed by atoms with Crippen molar-refractivity contribution in [1.29, 1.82) is 0 Å². The maximum Gasteiger partial charge on any atom is 0.364 e. The standard InChI is InChI=1S/C15H16ClN3O4.CH4O3S/c1-21-8-3-4-10-11(5-8)19-14(13(16)18-10)23-9-6-12(17-7-9)15(20)22-2;1-5(2,3)4/h3-5,9,12,17H,6-7H2,1-2H3;1H3,(H,2,3,4)/t9-,12+;/m1./s1. The predicted molar refractivity (Wildman–Crippen MR) is 98.4 cm³/mol. The summed E-state index contributed by atoms with van der Waals surface area (Å²) in [5.74, 6) is 0.688. The number of halogens is 1. The van der Waals surface area contributed by atoms with Crippen LogP contribution in [0, 0.1) is 0 Å². The fourth-order valence-electron chi connectivity index (χ4n) is 2.59. The van der Waals surface area contributed by atoms with Crippen molar-refractivity contribution in [2.24, 2.45) is 0 Å². The molecule has 0 unspecified atom stereocenters. The number of carbonyl (C=O) groups excluding carboxylic acids is 1. The van der Waals surface area contributed by atoms with Gasteiger partial charge in [-0.2, -0.15) is 0 Å². The lowest BCUT2D eigenvalue weighted by atomic mass is 10.2. The van der Waals surface area contributed by atoms with E-state index in [9.17, 15) is 4.79 Å². The molecule has 2 N–H and O–H groups in total. The molecule has 0 aliphatic carbocycles. The van der Waals surface area contributed by atoms with Crippen LogP contribution >= 0.6 is 11.6 Å². The average Bonchev–Trinajstić information content (AvgIpc) is 3.08. The number of rotatable bonds is 4. The highest BCUT2D eigenvalue weighted by Gasteiger charge is 2.36. The van der Waals surface area contributed by atoms with Gasteiger partial charge in [-0.1, -0.05) is 11.6 Å². The van der Waals surface area contributed by atoms with Crippen LogP contribution in [-0.4, -0.2) is 68.1 Å². The zero-order chi connectivity index (χ0) is 20.9. The van der Waals surface area contributed by atoms with E-state index in [2.05, 4.69) is 9.97 Å². The van der Waals surface area contributed by atoms with E-state index in [0.717, 1.165) is 0 Å². The van der Waals surface area contributed by atoms with Crippen molar-refractivity contribution in [2.45, 2.75) is 18.6 Å². The lowest BCUT2D eigenvalue weighted by Gasteiger charge is -2.11. The Kier molecular flexibility index (Phi) is 7.35. The van der Waals surface area contributed by atoms with Crippen LogP contribution < -0.4 is 14.8 Å². The van der Waals surface area contributed by atoms with Crippen molar-refractivity contribution >= 4 is 38.7 Å². The number of esters is 1. The molecule has 0 bridgehead atoms. The number of quaternary nitrogens is 1. The Hall–Kier alpha value is -2.21. The van der Waals surface area contributed by atoms with Gasteiger partial charge in [0.05, 0.1) is 41.8 Å². The third-order valence-corrected chi connectivity index (χ3v) is 4.03. The molecule has 28 heavy (non-hydrogen) atoms. The molecule has 154 valence electrons. The number of aromatic nitrogens is 2. The molecule has 0 amide bonds. The summed E-state index contributed by atoms with van der Waals surface area (Å²) in [6, 6.07) is 5.09. The first kappa shape index (κ1) is 22.1. The molecule has 0 radical (unpaired) electrons. The maximum atomic E-state index is 11.5. The summed E-state index contributed by atoms with van der Waals surface area (Å²) in [5.41, 5.74) is 1.30. The maximum absolute atomic E-state index is 11.5. The fraction of sp³-hybridized carbons (Fsp3) is 0.438. The van der Waals surface area contributed by atoms with Crippen LogP contribution in [0.2, 0.25) is 5.15 Å². The third kappa shape index (κ3) is 6.44. The second kappa shape index (κ2) is 9.32. The van der Waals surface area contributed by atoms with E-state index < -0.39 is 10.1 Å². The van der Waals surface area contributed by atoms with E-state index >= 15 is 0 Å². The van der Waals surface area contributed by atoms with E-state index in [0.29, 0.717) is 36.0 Å². The third-order valence-electron chi connectivity index (χ3n) is 3.78. The van der Waals surface area contributed by atoms with Gasteiger partial charge in [0.1, 0.15) is 12.3 Å². The minimum Gasteiger partial charge on any atom is -0.748 e. The largest absolute Gasteiger partial charge is 0.748 e. The normalized spacial score (nSPS) is 18.9. The number of nitrogens with two attached hydrogens (primary N) is 1. The van der Waals surface area contributed by atoms with Crippen LogP contribution in [-0.2, 0) is 19.6 Å². The molecule has 0 spiro atoms. The molecular formula is C16H20ClN3O7S. The van der Waals surface area contributed by atoms with Crippen molar-refractivity contribution < 1.29 is 37.3 Å². The predicted octanol–water partition coefficient (Wildman–Crippen LogP) is -0.291. The van der Waals surface area contributed by atoms with Crippen LogP contribution in [0.4, 0.5) is 0 Å². The minimum atomic E-state index is -3.92. The van der Waals surface area contributed by atoms with Gasteiger partial charge in [0.15, 0.2) is 17.3 Å². The lowest BCUT2D eigenvalue weighted by Crippen LogP contribution is -2.89. The van der Waals surface area contributed by atoms with Crippen LogP contribution in [0.5, 0.6) is 11.6 Å². The Labute approximate surface area is 166 Å². The highest BCUT2D eigenvalue weighted by molar-refractivity contribution is 7.84. The van der Waals surface area contributed by atoms with E-state index in [-0.39, 0.29) is 29.1 Å². The summed E-state index contributed by atoms with van der Waals surface area (Å²) >= 11 is 6.15. The number of hydrogen-bond acceptors (Lipinski definition) is 9. The van der Waals surface area contributed by atoms with Gasteiger partial charge < -0.3 is 24.1 Å². The molecule has 1 aromatic heterocycles. The number of carbonyl (C=O) groups is 1. The number of ether oxygens (including phenoxy) is 3. The molecule has 1 aliphatic heterocycles. The van der Waals surface area contributed by atoms with Gasteiger partial charge >= 0.3 is 5.97 Å². The van der Waals surface area contributed by atoms with Crippen molar-refractivity contribution in [1.82, 2.24) is 9.97 Å². The Morgan fingerprint density at radius 1 is 1.29 bits per heavy atom. The van der Waals surface area contributed by atoms with Crippen molar-refractivity contribution in [3.63, 3.8) is 0 Å². The molecule has 0 saturated carbocycles. The number of nitrogens with zero attached hydrogens (tertiary/aromatic N) is 2. The number of benzene rings is 1.